The van der Waals surface area contributed by atoms with Crippen LogP contribution in [-0.2, 0) is 11.2 Å². The number of carbonyl (C=O) groups excluding carboxylic acids is 1. The van der Waals surface area contributed by atoms with Gasteiger partial charge in [-0.15, -0.1) is 0 Å². The predicted molar refractivity (Wildman–Crippen MR) is 90.9 cm³/mol. The zero-order valence-electron chi connectivity index (χ0n) is 13.1. The Bertz CT molecular complexity index is 719. The highest BCUT2D eigenvalue weighted by Gasteiger charge is 2.09. The number of aromatic hydroxyl groups is 3. The molecular weight excluding hydrogens is 308 g/mol. The summed E-state index contributed by atoms with van der Waals surface area (Å²) in [6.45, 7) is 0. The summed E-state index contributed by atoms with van der Waals surface area (Å²) in [5.74, 6) is -0.498. The van der Waals surface area contributed by atoms with Crippen LogP contribution in [0.15, 0.2) is 48.5 Å². The van der Waals surface area contributed by atoms with Gasteiger partial charge in [0, 0.05) is 6.42 Å². The van der Waals surface area contributed by atoms with Gasteiger partial charge in [0.25, 0.3) is 0 Å². The van der Waals surface area contributed by atoms with Crippen molar-refractivity contribution in [3.05, 3.63) is 59.7 Å². The fraction of sp³-hybridized carbons (Fsp3) is 0.211. The summed E-state index contributed by atoms with van der Waals surface area (Å²) in [7, 11) is 0. The van der Waals surface area contributed by atoms with Crippen LogP contribution in [0.2, 0.25) is 0 Å². The molecule has 5 heteroatoms. The van der Waals surface area contributed by atoms with Crippen LogP contribution in [0.5, 0.6) is 17.2 Å². The Kier molecular flexibility index (Phi) is 5.98. The summed E-state index contributed by atoms with van der Waals surface area (Å²) in [6, 6.07) is 11.0. The van der Waals surface area contributed by atoms with Crippen LogP contribution in [0.4, 0.5) is 0 Å². The number of hydrogen-bond donors (Lipinski definition) is 4. The number of rotatable bonds is 7. The number of hydrogen-bond acceptors (Lipinski definition) is 5. The summed E-state index contributed by atoms with van der Waals surface area (Å²) < 4.78 is 0. The van der Waals surface area contributed by atoms with E-state index >= 15 is 0 Å². The number of ketones is 1. The van der Waals surface area contributed by atoms with Crippen molar-refractivity contribution in [1.29, 1.82) is 0 Å². The van der Waals surface area contributed by atoms with Gasteiger partial charge in [-0.25, -0.2) is 0 Å². The zero-order valence-corrected chi connectivity index (χ0v) is 13.1. The quantitative estimate of drug-likeness (QED) is 0.463. The summed E-state index contributed by atoms with van der Waals surface area (Å²) >= 11 is 0. The molecule has 2 aromatic rings. The van der Waals surface area contributed by atoms with Crippen LogP contribution in [0, 0.1) is 0 Å². The molecule has 0 spiro atoms. The van der Waals surface area contributed by atoms with Crippen molar-refractivity contribution in [3.63, 3.8) is 0 Å². The summed E-state index contributed by atoms with van der Waals surface area (Å²) in [5.41, 5.74) is 1.56. The molecule has 0 aromatic heterocycles. The van der Waals surface area contributed by atoms with Crippen LogP contribution in [-0.4, -0.2) is 32.3 Å². The van der Waals surface area contributed by atoms with Gasteiger partial charge in [0.1, 0.15) is 5.75 Å². The minimum absolute atomic E-state index is 0.0125. The number of aliphatic hydroxyl groups is 1. The first-order valence-electron chi connectivity index (χ1n) is 7.63. The van der Waals surface area contributed by atoms with Gasteiger partial charge < -0.3 is 20.4 Å². The van der Waals surface area contributed by atoms with Crippen molar-refractivity contribution in [2.45, 2.75) is 25.4 Å². The third-order valence-corrected chi connectivity index (χ3v) is 3.60. The molecule has 0 saturated carbocycles. The molecule has 5 nitrogen and oxygen atoms in total. The van der Waals surface area contributed by atoms with Gasteiger partial charge in [0.05, 0.1) is 6.10 Å². The number of allylic oxidation sites excluding steroid dienone is 1. The van der Waals surface area contributed by atoms with Crippen molar-refractivity contribution in [2.75, 3.05) is 0 Å². The standard InChI is InChI=1S/C19H20O5/c20-15-6-1-13(2-7-15)3-8-16(21)12-17(22)9-4-14-5-10-18(23)19(24)11-14/h1-2,4-7,9-11,16,20-21,23-24H,3,8,12H2/t16-/m0/s1. The van der Waals surface area contributed by atoms with Gasteiger partial charge in [-0.1, -0.05) is 24.3 Å². The number of phenols is 3. The van der Waals surface area contributed by atoms with Gasteiger partial charge in [0.15, 0.2) is 17.3 Å². The molecule has 2 aromatic carbocycles. The van der Waals surface area contributed by atoms with Crippen molar-refractivity contribution in [2.24, 2.45) is 0 Å². The lowest BCUT2D eigenvalue weighted by Crippen LogP contribution is -2.12. The summed E-state index contributed by atoms with van der Waals surface area (Å²) in [6.07, 6.45) is 3.20. The highest BCUT2D eigenvalue weighted by molar-refractivity contribution is 5.93. The molecule has 0 amide bonds. The lowest BCUT2D eigenvalue weighted by atomic mass is 10.0. The Morgan fingerprint density at radius 2 is 1.71 bits per heavy atom. The van der Waals surface area contributed by atoms with Crippen molar-refractivity contribution in [3.8, 4) is 17.2 Å². The maximum absolute atomic E-state index is 11.8. The molecule has 0 radical (unpaired) electrons. The Balaban J connectivity index is 1.81. The van der Waals surface area contributed by atoms with Crippen molar-refractivity contribution < 1.29 is 25.2 Å². The van der Waals surface area contributed by atoms with E-state index in [1.165, 1.54) is 24.3 Å². The van der Waals surface area contributed by atoms with Crippen molar-refractivity contribution >= 4 is 11.9 Å². The number of aryl methyl sites for hydroxylation is 1. The molecule has 0 fully saturated rings. The zero-order chi connectivity index (χ0) is 17.5. The van der Waals surface area contributed by atoms with Crippen LogP contribution in [0.25, 0.3) is 6.08 Å². The smallest absolute Gasteiger partial charge is 0.158 e. The van der Waals surface area contributed by atoms with Crippen molar-refractivity contribution in [1.82, 2.24) is 0 Å². The van der Waals surface area contributed by atoms with E-state index in [1.807, 2.05) is 0 Å². The summed E-state index contributed by atoms with van der Waals surface area (Å²) in [4.78, 5) is 11.8. The topological polar surface area (TPSA) is 98.0 Å². The van der Waals surface area contributed by atoms with E-state index in [4.69, 9.17) is 0 Å². The van der Waals surface area contributed by atoms with Crippen LogP contribution >= 0.6 is 0 Å². The molecule has 4 N–H and O–H groups in total. The molecule has 0 unspecified atom stereocenters. The van der Waals surface area contributed by atoms with E-state index in [0.29, 0.717) is 18.4 Å². The SMILES string of the molecule is O=C(C=Cc1ccc(O)c(O)c1)C[C@@H](O)CCc1ccc(O)cc1. The monoisotopic (exact) mass is 328 g/mol. The predicted octanol–water partition coefficient (Wildman–Crippen LogP) is 2.77. The Morgan fingerprint density at radius 3 is 2.38 bits per heavy atom. The molecule has 24 heavy (non-hydrogen) atoms. The molecule has 0 bridgehead atoms. The second-order valence-corrected chi connectivity index (χ2v) is 5.61. The minimum atomic E-state index is -0.746. The second-order valence-electron chi connectivity index (χ2n) is 5.61. The highest BCUT2D eigenvalue weighted by Crippen LogP contribution is 2.25. The number of benzene rings is 2. The lowest BCUT2D eigenvalue weighted by molar-refractivity contribution is -0.116. The van der Waals surface area contributed by atoms with E-state index < -0.39 is 6.10 Å². The third-order valence-electron chi connectivity index (χ3n) is 3.60. The fourth-order valence-electron chi connectivity index (χ4n) is 2.23. The first-order chi connectivity index (χ1) is 11.4. The Hall–Kier alpha value is -2.79. The number of phenolic OH excluding ortho intramolecular Hbond substituents is 3. The molecule has 0 heterocycles. The van der Waals surface area contributed by atoms with E-state index in [9.17, 15) is 25.2 Å². The molecule has 0 saturated heterocycles. The van der Waals surface area contributed by atoms with Gasteiger partial charge in [0.2, 0.25) is 0 Å². The van der Waals surface area contributed by atoms with Gasteiger partial charge in [-0.05, 0) is 54.3 Å². The molecule has 0 aliphatic carbocycles. The first kappa shape index (κ1) is 17.6. The van der Waals surface area contributed by atoms with E-state index in [-0.39, 0.29) is 29.5 Å². The van der Waals surface area contributed by atoms with Gasteiger partial charge in [-0.2, -0.15) is 0 Å². The van der Waals surface area contributed by atoms with E-state index in [1.54, 1.807) is 30.3 Å². The molecule has 0 aliphatic rings. The fourth-order valence-corrected chi connectivity index (χ4v) is 2.23. The molecule has 2 rings (SSSR count). The number of aliphatic hydroxyl groups excluding tert-OH is 1. The Labute approximate surface area is 140 Å². The lowest BCUT2D eigenvalue weighted by Gasteiger charge is -2.08. The van der Waals surface area contributed by atoms with E-state index in [0.717, 1.165) is 5.56 Å². The molecule has 0 aliphatic heterocycles. The first-order valence-corrected chi connectivity index (χ1v) is 7.63. The maximum atomic E-state index is 11.8. The Morgan fingerprint density at radius 1 is 1.00 bits per heavy atom. The highest BCUT2D eigenvalue weighted by atomic mass is 16.3. The van der Waals surface area contributed by atoms with Crippen LogP contribution < -0.4 is 0 Å². The molecule has 1 atom stereocenters. The van der Waals surface area contributed by atoms with Crippen LogP contribution in [0.3, 0.4) is 0 Å². The van der Waals surface area contributed by atoms with Gasteiger partial charge in [-0.3, -0.25) is 4.79 Å². The second kappa shape index (κ2) is 8.17. The molecular formula is C19H20O5. The normalized spacial score (nSPS) is 12.4. The minimum Gasteiger partial charge on any atom is -0.508 e. The van der Waals surface area contributed by atoms with E-state index in [2.05, 4.69) is 0 Å². The average molecular weight is 328 g/mol. The van der Waals surface area contributed by atoms with Crippen LogP contribution in [0.1, 0.15) is 24.0 Å². The third kappa shape index (κ3) is 5.44. The number of carbonyl (C=O) groups is 1. The summed E-state index contributed by atoms with van der Waals surface area (Å²) in [5, 5.41) is 37.7. The van der Waals surface area contributed by atoms with Gasteiger partial charge >= 0.3 is 0 Å². The maximum Gasteiger partial charge on any atom is 0.158 e. The molecule has 126 valence electrons. The average Bonchev–Trinajstić information content (AvgIpc) is 2.55. The largest absolute Gasteiger partial charge is 0.508 e.